The summed E-state index contributed by atoms with van der Waals surface area (Å²) in [6, 6.07) is 0. The molecular weight excluding hydrogens is 264 g/mol. The van der Waals surface area contributed by atoms with Crippen molar-refractivity contribution in [3.05, 3.63) is 24.6 Å². The molecule has 0 aliphatic rings. The highest BCUT2D eigenvalue weighted by Crippen LogP contribution is 2.14. The molecule has 0 rings (SSSR count). The van der Waals surface area contributed by atoms with Gasteiger partial charge in [0.15, 0.2) is 0 Å². The molecule has 0 aromatic carbocycles. The standard InChI is InChI=1S/C13H22N2O5/c1-9(14)11(16)19-7-5-4-6-13(3,18)8-20-12(17)10(2)15/h18H,1-2,4-8,14-15H2,3H3. The minimum Gasteiger partial charge on any atom is -0.461 e. The molecule has 0 heterocycles. The molecule has 0 saturated carbocycles. The van der Waals surface area contributed by atoms with E-state index in [1.807, 2.05) is 0 Å². The molecule has 0 aromatic heterocycles. The first kappa shape index (κ1) is 18.0. The van der Waals surface area contributed by atoms with Crippen LogP contribution in [0, 0.1) is 0 Å². The number of hydrogen-bond donors (Lipinski definition) is 3. The van der Waals surface area contributed by atoms with Crippen LogP contribution in [0.25, 0.3) is 0 Å². The van der Waals surface area contributed by atoms with Crippen LogP contribution >= 0.6 is 0 Å². The molecule has 0 aliphatic heterocycles. The minimum absolute atomic E-state index is 0.147. The van der Waals surface area contributed by atoms with Gasteiger partial charge >= 0.3 is 11.9 Å². The van der Waals surface area contributed by atoms with Crippen molar-refractivity contribution in [3.8, 4) is 0 Å². The van der Waals surface area contributed by atoms with E-state index in [9.17, 15) is 14.7 Å². The summed E-state index contributed by atoms with van der Waals surface area (Å²) in [5.41, 5.74) is 8.74. The minimum atomic E-state index is -1.17. The molecule has 7 heteroatoms. The Bertz CT molecular complexity index is 390. The second-order valence-electron chi connectivity index (χ2n) is 4.72. The van der Waals surface area contributed by atoms with Gasteiger partial charge in [-0.1, -0.05) is 13.2 Å². The number of carbonyl (C=O) groups is 2. The molecular formula is C13H22N2O5. The van der Waals surface area contributed by atoms with Crippen molar-refractivity contribution in [1.29, 1.82) is 0 Å². The Morgan fingerprint density at radius 3 is 2.10 bits per heavy atom. The zero-order valence-electron chi connectivity index (χ0n) is 11.7. The van der Waals surface area contributed by atoms with Crippen LogP contribution < -0.4 is 11.5 Å². The third-order valence-electron chi connectivity index (χ3n) is 2.38. The zero-order valence-corrected chi connectivity index (χ0v) is 11.7. The first-order valence-corrected chi connectivity index (χ1v) is 6.11. The maximum Gasteiger partial charge on any atom is 0.353 e. The number of ether oxygens (including phenoxy) is 2. The van der Waals surface area contributed by atoms with Crippen LogP contribution in [0.5, 0.6) is 0 Å². The monoisotopic (exact) mass is 286 g/mol. The molecule has 5 N–H and O–H groups in total. The first-order chi connectivity index (χ1) is 9.15. The quantitative estimate of drug-likeness (QED) is 0.308. The van der Waals surface area contributed by atoms with E-state index in [-0.39, 0.29) is 24.6 Å². The van der Waals surface area contributed by atoms with Gasteiger partial charge in [0.25, 0.3) is 0 Å². The molecule has 0 bridgehead atoms. The highest BCUT2D eigenvalue weighted by atomic mass is 16.5. The van der Waals surface area contributed by atoms with Gasteiger partial charge in [-0.3, -0.25) is 0 Å². The van der Waals surface area contributed by atoms with E-state index < -0.39 is 17.5 Å². The summed E-state index contributed by atoms with van der Waals surface area (Å²) in [4.78, 5) is 22.0. The summed E-state index contributed by atoms with van der Waals surface area (Å²) >= 11 is 0. The van der Waals surface area contributed by atoms with Crippen LogP contribution in [0.2, 0.25) is 0 Å². The lowest BCUT2D eigenvalue weighted by Crippen LogP contribution is -2.32. The number of nitrogens with two attached hydrogens (primary N) is 2. The second-order valence-corrected chi connectivity index (χ2v) is 4.72. The van der Waals surface area contributed by atoms with Gasteiger partial charge in [0, 0.05) is 0 Å². The first-order valence-electron chi connectivity index (χ1n) is 6.11. The second kappa shape index (κ2) is 8.21. The molecule has 0 saturated heterocycles. The number of unbranched alkanes of at least 4 members (excludes halogenated alkanes) is 1. The Balaban J connectivity index is 3.82. The summed E-state index contributed by atoms with van der Waals surface area (Å²) in [6.07, 6.45) is 1.50. The number of carbonyl (C=O) groups excluding carboxylic acids is 2. The Labute approximate surface area is 118 Å². The number of esters is 2. The van der Waals surface area contributed by atoms with Crippen LogP contribution in [0.15, 0.2) is 24.6 Å². The van der Waals surface area contributed by atoms with E-state index in [1.165, 1.54) is 6.92 Å². The third kappa shape index (κ3) is 8.15. The normalized spacial score (nSPS) is 13.1. The molecule has 0 aliphatic carbocycles. The third-order valence-corrected chi connectivity index (χ3v) is 2.38. The average Bonchev–Trinajstić information content (AvgIpc) is 2.34. The highest BCUT2D eigenvalue weighted by Gasteiger charge is 2.22. The number of aliphatic hydroxyl groups is 1. The molecule has 0 spiro atoms. The Kier molecular flexibility index (Phi) is 7.38. The fourth-order valence-electron chi connectivity index (χ4n) is 1.25. The van der Waals surface area contributed by atoms with Crippen molar-refractivity contribution in [2.75, 3.05) is 13.2 Å². The predicted molar refractivity (Wildman–Crippen MR) is 73.0 cm³/mol. The Morgan fingerprint density at radius 2 is 1.60 bits per heavy atom. The van der Waals surface area contributed by atoms with Crippen LogP contribution in [0.1, 0.15) is 26.2 Å². The van der Waals surface area contributed by atoms with Gasteiger partial charge in [-0.15, -0.1) is 0 Å². The van der Waals surface area contributed by atoms with Crippen molar-refractivity contribution in [1.82, 2.24) is 0 Å². The van der Waals surface area contributed by atoms with Gasteiger partial charge in [0.05, 0.1) is 12.2 Å². The summed E-state index contributed by atoms with van der Waals surface area (Å²) in [5, 5.41) is 9.95. The molecule has 1 atom stereocenters. The molecule has 0 fully saturated rings. The fraction of sp³-hybridized carbons (Fsp3) is 0.538. The maximum atomic E-state index is 11.1. The van der Waals surface area contributed by atoms with Crippen LogP contribution in [-0.4, -0.2) is 35.9 Å². The molecule has 0 amide bonds. The van der Waals surface area contributed by atoms with E-state index in [0.29, 0.717) is 19.3 Å². The summed E-state index contributed by atoms with van der Waals surface area (Å²) in [7, 11) is 0. The van der Waals surface area contributed by atoms with Crippen LogP contribution in [0.3, 0.4) is 0 Å². The maximum absolute atomic E-state index is 11.1. The number of rotatable bonds is 9. The topological polar surface area (TPSA) is 125 Å². The largest absolute Gasteiger partial charge is 0.461 e. The highest BCUT2D eigenvalue weighted by molar-refractivity contribution is 5.86. The zero-order chi connectivity index (χ0) is 15.8. The fourth-order valence-corrected chi connectivity index (χ4v) is 1.25. The van der Waals surface area contributed by atoms with E-state index in [1.54, 1.807) is 0 Å². The van der Waals surface area contributed by atoms with Gasteiger partial charge in [0.2, 0.25) is 0 Å². The lowest BCUT2D eigenvalue weighted by molar-refractivity contribution is -0.146. The van der Waals surface area contributed by atoms with Crippen LogP contribution in [0.4, 0.5) is 0 Å². The Hall–Kier alpha value is -2.02. The van der Waals surface area contributed by atoms with Gasteiger partial charge in [-0.05, 0) is 26.2 Å². The van der Waals surface area contributed by atoms with Gasteiger partial charge in [0.1, 0.15) is 18.0 Å². The number of hydrogen-bond acceptors (Lipinski definition) is 7. The smallest absolute Gasteiger partial charge is 0.353 e. The average molecular weight is 286 g/mol. The van der Waals surface area contributed by atoms with Gasteiger partial charge < -0.3 is 26.0 Å². The summed E-state index contributed by atoms with van der Waals surface area (Å²) < 4.78 is 9.56. The summed E-state index contributed by atoms with van der Waals surface area (Å²) in [6.45, 7) is 8.02. The van der Waals surface area contributed by atoms with E-state index >= 15 is 0 Å². The van der Waals surface area contributed by atoms with E-state index in [2.05, 4.69) is 13.2 Å². The van der Waals surface area contributed by atoms with Crippen LogP contribution in [-0.2, 0) is 19.1 Å². The molecule has 7 nitrogen and oxygen atoms in total. The molecule has 0 aromatic rings. The SMILES string of the molecule is C=C(N)C(=O)OCCCCC(C)(O)COC(=O)C(=C)N. The lowest BCUT2D eigenvalue weighted by atomic mass is 10.0. The summed E-state index contributed by atoms with van der Waals surface area (Å²) in [5.74, 6) is -1.40. The lowest BCUT2D eigenvalue weighted by Gasteiger charge is -2.22. The van der Waals surface area contributed by atoms with Gasteiger partial charge in [-0.25, -0.2) is 9.59 Å². The Morgan fingerprint density at radius 1 is 1.10 bits per heavy atom. The van der Waals surface area contributed by atoms with Crippen molar-refractivity contribution in [3.63, 3.8) is 0 Å². The van der Waals surface area contributed by atoms with E-state index in [4.69, 9.17) is 20.9 Å². The van der Waals surface area contributed by atoms with Crippen molar-refractivity contribution in [2.45, 2.75) is 31.8 Å². The molecule has 1 unspecified atom stereocenters. The van der Waals surface area contributed by atoms with Crippen molar-refractivity contribution >= 4 is 11.9 Å². The predicted octanol–water partition coefficient (Wildman–Crippen LogP) is -0.0611. The molecule has 0 radical (unpaired) electrons. The van der Waals surface area contributed by atoms with Gasteiger partial charge in [-0.2, -0.15) is 0 Å². The van der Waals surface area contributed by atoms with Crippen molar-refractivity contribution < 1.29 is 24.2 Å². The van der Waals surface area contributed by atoms with E-state index in [0.717, 1.165) is 0 Å². The van der Waals surface area contributed by atoms with Crippen molar-refractivity contribution in [2.24, 2.45) is 11.5 Å². The molecule has 114 valence electrons. The molecule has 20 heavy (non-hydrogen) atoms.